The molecule has 0 radical (unpaired) electrons. The number of nitrogens with one attached hydrogen (secondary N) is 2. The first-order valence-electron chi connectivity index (χ1n) is 7.00. The third-order valence-corrected chi connectivity index (χ3v) is 2.66. The standard InChI is InChI=1S/C15H24N2O3/c1-16-9-5-11-19-12-6-10-17-15(18)20-13-14-7-3-2-4-8-14/h2-4,7-8,16H,5-6,9-13H2,1H3,(H,17,18). The quantitative estimate of drug-likeness (QED) is 0.643. The van der Waals surface area contributed by atoms with Crippen LogP contribution in [0, 0.1) is 0 Å². The number of hydrogen-bond acceptors (Lipinski definition) is 4. The maximum absolute atomic E-state index is 11.4. The molecule has 0 spiro atoms. The molecular weight excluding hydrogens is 256 g/mol. The van der Waals surface area contributed by atoms with Crippen molar-refractivity contribution in [2.75, 3.05) is 33.4 Å². The van der Waals surface area contributed by atoms with E-state index in [4.69, 9.17) is 9.47 Å². The molecule has 0 aliphatic heterocycles. The smallest absolute Gasteiger partial charge is 0.407 e. The van der Waals surface area contributed by atoms with Gasteiger partial charge in [0, 0.05) is 19.8 Å². The molecule has 0 atom stereocenters. The van der Waals surface area contributed by atoms with Gasteiger partial charge in [-0.1, -0.05) is 30.3 Å². The van der Waals surface area contributed by atoms with Crippen molar-refractivity contribution in [1.29, 1.82) is 0 Å². The maximum atomic E-state index is 11.4. The third kappa shape index (κ3) is 8.50. The van der Waals surface area contributed by atoms with Gasteiger partial charge >= 0.3 is 6.09 Å². The van der Waals surface area contributed by atoms with E-state index in [9.17, 15) is 4.79 Å². The summed E-state index contributed by atoms with van der Waals surface area (Å²) in [6, 6.07) is 9.61. The first-order valence-corrected chi connectivity index (χ1v) is 7.00. The zero-order chi connectivity index (χ0) is 14.5. The van der Waals surface area contributed by atoms with Gasteiger partial charge in [-0.25, -0.2) is 4.79 Å². The van der Waals surface area contributed by atoms with Crippen molar-refractivity contribution in [3.63, 3.8) is 0 Å². The molecule has 0 saturated heterocycles. The Morgan fingerprint density at radius 3 is 2.50 bits per heavy atom. The number of ether oxygens (including phenoxy) is 2. The van der Waals surface area contributed by atoms with Gasteiger partial charge in [0.05, 0.1) is 0 Å². The molecule has 112 valence electrons. The van der Waals surface area contributed by atoms with Crippen LogP contribution < -0.4 is 10.6 Å². The molecule has 1 rings (SSSR count). The van der Waals surface area contributed by atoms with E-state index >= 15 is 0 Å². The molecule has 1 aromatic carbocycles. The molecule has 1 aromatic rings. The number of rotatable bonds is 10. The molecule has 0 fully saturated rings. The predicted molar refractivity (Wildman–Crippen MR) is 78.6 cm³/mol. The van der Waals surface area contributed by atoms with E-state index in [1.807, 2.05) is 37.4 Å². The third-order valence-electron chi connectivity index (χ3n) is 2.66. The van der Waals surface area contributed by atoms with Crippen molar-refractivity contribution < 1.29 is 14.3 Å². The van der Waals surface area contributed by atoms with Gasteiger partial charge in [0.2, 0.25) is 0 Å². The molecule has 0 heterocycles. The summed E-state index contributed by atoms with van der Waals surface area (Å²) in [6.45, 7) is 3.23. The van der Waals surface area contributed by atoms with Gasteiger partial charge < -0.3 is 20.1 Å². The summed E-state index contributed by atoms with van der Waals surface area (Å²) in [5.41, 5.74) is 0.982. The van der Waals surface area contributed by atoms with Crippen LogP contribution in [0.2, 0.25) is 0 Å². The van der Waals surface area contributed by atoms with Crippen molar-refractivity contribution in [3.05, 3.63) is 35.9 Å². The van der Waals surface area contributed by atoms with Crippen molar-refractivity contribution >= 4 is 6.09 Å². The molecule has 0 aliphatic rings. The highest BCUT2D eigenvalue weighted by Gasteiger charge is 2.01. The fourth-order valence-corrected chi connectivity index (χ4v) is 1.59. The molecule has 0 aromatic heterocycles. The normalized spacial score (nSPS) is 10.2. The fraction of sp³-hybridized carbons (Fsp3) is 0.533. The Kier molecular flexibility index (Phi) is 9.26. The van der Waals surface area contributed by atoms with Gasteiger partial charge in [0.1, 0.15) is 6.61 Å². The molecule has 2 N–H and O–H groups in total. The van der Waals surface area contributed by atoms with Gasteiger partial charge in [-0.05, 0) is 32.0 Å². The van der Waals surface area contributed by atoms with Crippen LogP contribution in [0.3, 0.4) is 0 Å². The Bertz CT molecular complexity index is 357. The highest BCUT2D eigenvalue weighted by atomic mass is 16.5. The lowest BCUT2D eigenvalue weighted by Gasteiger charge is -2.07. The number of benzene rings is 1. The van der Waals surface area contributed by atoms with Crippen molar-refractivity contribution in [1.82, 2.24) is 10.6 Å². The summed E-state index contributed by atoms with van der Waals surface area (Å²) in [4.78, 5) is 11.4. The first-order chi connectivity index (χ1) is 9.83. The Balaban J connectivity index is 1.93. The van der Waals surface area contributed by atoms with Crippen molar-refractivity contribution in [2.45, 2.75) is 19.4 Å². The van der Waals surface area contributed by atoms with E-state index in [1.54, 1.807) is 0 Å². The van der Waals surface area contributed by atoms with Crippen LogP contribution in [0.1, 0.15) is 18.4 Å². The number of carbonyl (C=O) groups excluding carboxylic acids is 1. The molecule has 0 aliphatic carbocycles. The van der Waals surface area contributed by atoms with E-state index in [1.165, 1.54) is 0 Å². The van der Waals surface area contributed by atoms with Crippen LogP contribution in [0.4, 0.5) is 4.79 Å². The zero-order valence-electron chi connectivity index (χ0n) is 12.1. The number of carbonyl (C=O) groups is 1. The molecule has 5 heteroatoms. The minimum absolute atomic E-state index is 0.299. The molecule has 20 heavy (non-hydrogen) atoms. The van der Waals surface area contributed by atoms with E-state index in [2.05, 4.69) is 10.6 Å². The average molecular weight is 280 g/mol. The van der Waals surface area contributed by atoms with E-state index < -0.39 is 0 Å². The van der Waals surface area contributed by atoms with E-state index in [0.29, 0.717) is 19.8 Å². The first kappa shape index (κ1) is 16.5. The summed E-state index contributed by atoms with van der Waals surface area (Å²) in [5, 5.41) is 5.76. The Hall–Kier alpha value is -1.59. The zero-order valence-corrected chi connectivity index (χ0v) is 12.1. The minimum atomic E-state index is -0.385. The highest BCUT2D eigenvalue weighted by molar-refractivity contribution is 5.67. The molecule has 0 saturated carbocycles. The van der Waals surface area contributed by atoms with Gasteiger partial charge in [0.25, 0.3) is 0 Å². The fourth-order valence-electron chi connectivity index (χ4n) is 1.59. The molecule has 1 amide bonds. The summed E-state index contributed by atoms with van der Waals surface area (Å²) in [6.07, 6.45) is 1.41. The Labute approximate surface area is 120 Å². The Morgan fingerprint density at radius 1 is 1.10 bits per heavy atom. The van der Waals surface area contributed by atoms with Crippen molar-refractivity contribution in [2.24, 2.45) is 0 Å². The lowest BCUT2D eigenvalue weighted by atomic mass is 10.2. The molecule has 0 bridgehead atoms. The van der Waals surface area contributed by atoms with E-state index in [0.717, 1.165) is 31.6 Å². The summed E-state index contributed by atoms with van der Waals surface area (Å²) >= 11 is 0. The van der Waals surface area contributed by atoms with Crippen LogP contribution in [-0.2, 0) is 16.1 Å². The van der Waals surface area contributed by atoms with Crippen LogP contribution in [0.5, 0.6) is 0 Å². The van der Waals surface area contributed by atoms with Gasteiger partial charge in [-0.3, -0.25) is 0 Å². The lowest BCUT2D eigenvalue weighted by Crippen LogP contribution is -2.26. The monoisotopic (exact) mass is 280 g/mol. The van der Waals surface area contributed by atoms with Gasteiger partial charge in [-0.15, -0.1) is 0 Å². The minimum Gasteiger partial charge on any atom is -0.445 e. The maximum Gasteiger partial charge on any atom is 0.407 e. The van der Waals surface area contributed by atoms with Crippen LogP contribution in [0.25, 0.3) is 0 Å². The van der Waals surface area contributed by atoms with Crippen LogP contribution in [-0.4, -0.2) is 39.4 Å². The van der Waals surface area contributed by atoms with Gasteiger partial charge in [0.15, 0.2) is 0 Å². The van der Waals surface area contributed by atoms with Crippen LogP contribution >= 0.6 is 0 Å². The summed E-state index contributed by atoms with van der Waals surface area (Å²) in [5.74, 6) is 0. The van der Waals surface area contributed by atoms with Crippen LogP contribution in [0.15, 0.2) is 30.3 Å². The van der Waals surface area contributed by atoms with Crippen molar-refractivity contribution in [3.8, 4) is 0 Å². The topological polar surface area (TPSA) is 59.6 Å². The highest BCUT2D eigenvalue weighted by Crippen LogP contribution is 2.00. The molecule has 0 unspecified atom stereocenters. The Morgan fingerprint density at radius 2 is 1.80 bits per heavy atom. The molecule has 5 nitrogen and oxygen atoms in total. The number of amides is 1. The molecular formula is C15H24N2O3. The largest absolute Gasteiger partial charge is 0.445 e. The summed E-state index contributed by atoms with van der Waals surface area (Å²) < 4.78 is 10.5. The number of hydrogen-bond donors (Lipinski definition) is 2. The average Bonchev–Trinajstić information content (AvgIpc) is 2.49. The van der Waals surface area contributed by atoms with E-state index in [-0.39, 0.29) is 6.09 Å². The van der Waals surface area contributed by atoms with Gasteiger partial charge in [-0.2, -0.15) is 0 Å². The lowest BCUT2D eigenvalue weighted by molar-refractivity contribution is 0.123. The predicted octanol–water partition coefficient (Wildman–Crippen LogP) is 1.93. The second-order valence-electron chi connectivity index (χ2n) is 4.41. The second kappa shape index (κ2) is 11.3. The second-order valence-corrected chi connectivity index (χ2v) is 4.41. The SMILES string of the molecule is CNCCCOCCCNC(=O)OCc1ccccc1. The number of alkyl carbamates (subject to hydrolysis) is 1. The summed E-state index contributed by atoms with van der Waals surface area (Å²) in [7, 11) is 1.92.